The number of piperidine rings is 1. The second-order valence-corrected chi connectivity index (χ2v) is 10.0. The van der Waals surface area contributed by atoms with E-state index in [1.807, 2.05) is 49.1 Å². The number of benzene rings is 1. The number of pyridine rings is 1. The Labute approximate surface area is 186 Å². The van der Waals surface area contributed by atoms with Crippen LogP contribution in [0.4, 0.5) is 0 Å². The van der Waals surface area contributed by atoms with Gasteiger partial charge in [-0.25, -0.2) is 14.5 Å². The number of para-hydroxylation sites is 1. The Bertz CT molecular complexity index is 1170. The van der Waals surface area contributed by atoms with Gasteiger partial charge in [0.2, 0.25) is 5.91 Å². The molecule has 0 N–H and O–H groups in total. The number of nitrogens with zero attached hydrogens (tertiary/aromatic N) is 4. The molecular weight excluding hydrogens is 408 g/mol. The maximum Gasteiger partial charge on any atom is 0.267 e. The number of carbonyl (C=O) groups excluding carboxylic acids is 1. The SMILES string of the molecule is Cc1ccnc(-n2c(SC(C)C(=O)N3CC(C)CC(C)C3)nc3ccccc3c2=O)c1. The minimum atomic E-state index is -0.360. The van der Waals surface area contributed by atoms with Crippen LogP contribution >= 0.6 is 11.8 Å². The van der Waals surface area contributed by atoms with E-state index in [1.54, 1.807) is 12.3 Å². The number of fused-ring (bicyclic) bond motifs is 1. The van der Waals surface area contributed by atoms with Crippen molar-refractivity contribution in [1.29, 1.82) is 0 Å². The van der Waals surface area contributed by atoms with Crippen molar-refractivity contribution in [1.82, 2.24) is 19.4 Å². The summed E-state index contributed by atoms with van der Waals surface area (Å²) in [5.74, 6) is 1.61. The molecule has 0 bridgehead atoms. The molecule has 3 atom stereocenters. The van der Waals surface area contributed by atoms with Gasteiger partial charge in [0.1, 0.15) is 5.82 Å². The number of likely N-dealkylation sites (tertiary alicyclic amines) is 1. The van der Waals surface area contributed by atoms with Crippen molar-refractivity contribution in [3.8, 4) is 5.82 Å². The molecule has 4 rings (SSSR count). The summed E-state index contributed by atoms with van der Waals surface area (Å²) in [7, 11) is 0. The lowest BCUT2D eigenvalue weighted by atomic mass is 9.92. The maximum absolute atomic E-state index is 13.4. The standard InChI is InChI=1S/C24H28N4O2S/c1-15-9-10-25-21(12-15)28-23(30)19-7-5-6-8-20(19)26-24(28)31-18(4)22(29)27-13-16(2)11-17(3)14-27/h5-10,12,16-18H,11,13-14H2,1-4H3. The van der Waals surface area contributed by atoms with Crippen molar-refractivity contribution < 1.29 is 4.79 Å². The summed E-state index contributed by atoms with van der Waals surface area (Å²) in [5.41, 5.74) is 1.45. The number of hydrogen-bond donors (Lipinski definition) is 0. The van der Waals surface area contributed by atoms with Crippen LogP contribution in [-0.4, -0.2) is 43.7 Å². The molecule has 1 aromatic carbocycles. The minimum Gasteiger partial charge on any atom is -0.341 e. The van der Waals surface area contributed by atoms with Gasteiger partial charge in [0.25, 0.3) is 5.56 Å². The van der Waals surface area contributed by atoms with E-state index in [0.29, 0.717) is 33.7 Å². The predicted octanol–water partition coefficient (Wildman–Crippen LogP) is 4.07. The first-order valence-corrected chi connectivity index (χ1v) is 11.6. The molecule has 162 valence electrons. The van der Waals surface area contributed by atoms with E-state index in [4.69, 9.17) is 4.98 Å². The zero-order chi connectivity index (χ0) is 22.1. The van der Waals surface area contributed by atoms with Crippen LogP contribution in [-0.2, 0) is 4.79 Å². The largest absolute Gasteiger partial charge is 0.341 e. The second kappa shape index (κ2) is 8.83. The Hall–Kier alpha value is -2.67. The van der Waals surface area contributed by atoms with E-state index in [0.717, 1.165) is 25.1 Å². The molecule has 0 saturated carbocycles. The molecule has 7 heteroatoms. The first kappa shape index (κ1) is 21.6. The van der Waals surface area contributed by atoms with Crippen molar-refractivity contribution in [2.75, 3.05) is 13.1 Å². The fourth-order valence-electron chi connectivity index (χ4n) is 4.34. The highest BCUT2D eigenvalue weighted by atomic mass is 32.2. The van der Waals surface area contributed by atoms with E-state index >= 15 is 0 Å². The summed E-state index contributed by atoms with van der Waals surface area (Å²) in [5, 5.41) is 0.662. The average molecular weight is 437 g/mol. The monoisotopic (exact) mass is 436 g/mol. The number of aromatic nitrogens is 3. The molecule has 6 nitrogen and oxygen atoms in total. The van der Waals surface area contributed by atoms with Crippen LogP contribution in [0.3, 0.4) is 0 Å². The molecule has 1 aliphatic rings. The molecule has 1 amide bonds. The van der Waals surface area contributed by atoms with Crippen LogP contribution in [0.15, 0.2) is 52.5 Å². The number of amides is 1. The first-order valence-electron chi connectivity index (χ1n) is 10.7. The van der Waals surface area contributed by atoms with Gasteiger partial charge in [-0.15, -0.1) is 0 Å². The van der Waals surface area contributed by atoms with E-state index in [9.17, 15) is 9.59 Å². The molecule has 2 aromatic heterocycles. The lowest BCUT2D eigenvalue weighted by Crippen LogP contribution is -2.45. The van der Waals surface area contributed by atoms with Crippen LogP contribution in [0.2, 0.25) is 0 Å². The third-order valence-corrected chi connectivity index (χ3v) is 6.73. The van der Waals surface area contributed by atoms with Crippen LogP contribution in [0.25, 0.3) is 16.7 Å². The normalized spacial score (nSPS) is 20.1. The number of hydrogen-bond acceptors (Lipinski definition) is 5. The zero-order valence-electron chi connectivity index (χ0n) is 18.4. The van der Waals surface area contributed by atoms with Crippen molar-refractivity contribution in [2.24, 2.45) is 11.8 Å². The third kappa shape index (κ3) is 4.51. The van der Waals surface area contributed by atoms with Gasteiger partial charge in [-0.05, 0) is 61.9 Å². The highest BCUT2D eigenvalue weighted by Crippen LogP contribution is 2.28. The van der Waals surface area contributed by atoms with Gasteiger partial charge in [-0.2, -0.15) is 0 Å². The number of thioether (sulfide) groups is 1. The first-order chi connectivity index (χ1) is 14.8. The number of carbonyl (C=O) groups is 1. The summed E-state index contributed by atoms with van der Waals surface area (Å²) in [4.78, 5) is 37.7. The molecule has 0 radical (unpaired) electrons. The number of aryl methyl sites for hydroxylation is 1. The lowest BCUT2D eigenvalue weighted by Gasteiger charge is -2.36. The van der Waals surface area contributed by atoms with Crippen molar-refractivity contribution in [2.45, 2.75) is 44.5 Å². The van der Waals surface area contributed by atoms with Gasteiger partial charge >= 0.3 is 0 Å². The smallest absolute Gasteiger partial charge is 0.267 e. The summed E-state index contributed by atoms with van der Waals surface area (Å²) >= 11 is 1.32. The Kier molecular flexibility index (Phi) is 6.14. The molecule has 3 unspecified atom stereocenters. The molecular formula is C24H28N4O2S. The second-order valence-electron chi connectivity index (χ2n) is 8.69. The molecule has 1 fully saturated rings. The predicted molar refractivity (Wildman–Crippen MR) is 125 cm³/mol. The van der Waals surface area contributed by atoms with Gasteiger partial charge in [0.15, 0.2) is 5.16 Å². The Balaban J connectivity index is 1.73. The van der Waals surface area contributed by atoms with Crippen molar-refractivity contribution in [3.05, 3.63) is 58.5 Å². The van der Waals surface area contributed by atoms with Crippen LogP contribution < -0.4 is 5.56 Å². The zero-order valence-corrected chi connectivity index (χ0v) is 19.2. The van der Waals surface area contributed by atoms with Crippen molar-refractivity contribution in [3.63, 3.8) is 0 Å². The fraction of sp³-hybridized carbons (Fsp3) is 0.417. The third-order valence-electron chi connectivity index (χ3n) is 5.69. The molecule has 3 aromatic rings. The van der Waals surface area contributed by atoms with E-state index < -0.39 is 0 Å². The quantitative estimate of drug-likeness (QED) is 0.455. The van der Waals surface area contributed by atoms with Crippen molar-refractivity contribution >= 4 is 28.6 Å². The van der Waals surface area contributed by atoms with E-state index in [1.165, 1.54) is 16.3 Å². The lowest BCUT2D eigenvalue weighted by molar-refractivity contribution is -0.132. The van der Waals surface area contributed by atoms with E-state index in [-0.39, 0.29) is 16.7 Å². The summed E-state index contributed by atoms with van der Waals surface area (Å²) < 4.78 is 1.53. The number of rotatable bonds is 4. The molecule has 1 aliphatic heterocycles. The summed E-state index contributed by atoms with van der Waals surface area (Å²) in [6, 6.07) is 11.1. The van der Waals surface area contributed by atoms with Gasteiger partial charge in [0, 0.05) is 19.3 Å². The van der Waals surface area contributed by atoms with Crippen LogP contribution in [0.1, 0.15) is 32.8 Å². The van der Waals surface area contributed by atoms with Crippen LogP contribution in [0, 0.1) is 18.8 Å². The highest BCUT2D eigenvalue weighted by Gasteiger charge is 2.30. The molecule has 31 heavy (non-hydrogen) atoms. The maximum atomic E-state index is 13.4. The Morgan fingerprint density at radius 2 is 1.87 bits per heavy atom. The molecule has 0 aliphatic carbocycles. The minimum absolute atomic E-state index is 0.0922. The average Bonchev–Trinajstić information content (AvgIpc) is 2.72. The topological polar surface area (TPSA) is 68.1 Å². The molecule has 3 heterocycles. The highest BCUT2D eigenvalue weighted by molar-refractivity contribution is 8.00. The fourth-order valence-corrected chi connectivity index (χ4v) is 5.34. The summed E-state index contributed by atoms with van der Waals surface area (Å²) in [6.45, 7) is 9.81. The Morgan fingerprint density at radius 1 is 1.16 bits per heavy atom. The molecule has 1 saturated heterocycles. The van der Waals surface area contributed by atoms with Crippen LogP contribution in [0.5, 0.6) is 0 Å². The van der Waals surface area contributed by atoms with Gasteiger partial charge in [0.05, 0.1) is 16.2 Å². The van der Waals surface area contributed by atoms with Gasteiger partial charge in [-0.3, -0.25) is 9.59 Å². The van der Waals surface area contributed by atoms with Gasteiger partial charge < -0.3 is 4.90 Å². The Morgan fingerprint density at radius 3 is 2.58 bits per heavy atom. The molecule has 0 spiro atoms. The summed E-state index contributed by atoms with van der Waals surface area (Å²) in [6.07, 6.45) is 2.84. The van der Waals surface area contributed by atoms with E-state index in [2.05, 4.69) is 18.8 Å². The van der Waals surface area contributed by atoms with Gasteiger partial charge in [-0.1, -0.05) is 37.7 Å².